The molecule has 0 heterocycles. The molecule has 9 nitrogen and oxygen atoms in total. The summed E-state index contributed by atoms with van der Waals surface area (Å²) in [6.07, 6.45) is -0.215. The average molecular weight is 393 g/mol. The number of anilines is 2. The van der Waals surface area contributed by atoms with Crippen molar-refractivity contribution in [3.05, 3.63) is 64.2 Å². The van der Waals surface area contributed by atoms with Crippen LogP contribution in [0.25, 0.3) is 0 Å². The first-order valence-electron chi connectivity index (χ1n) is 7.83. The summed E-state index contributed by atoms with van der Waals surface area (Å²) in [6.45, 7) is 1.62. The third-order valence-corrected chi connectivity index (χ3v) is 5.35. The van der Waals surface area contributed by atoms with Gasteiger partial charge in [-0.05, 0) is 30.7 Å². The maximum atomic E-state index is 11.9. The molecule has 0 aliphatic heterocycles. The number of carbonyl (C=O) groups is 1. The largest absolute Gasteiger partial charge is 0.465 e. The van der Waals surface area contributed by atoms with Crippen LogP contribution in [0.1, 0.15) is 18.5 Å². The van der Waals surface area contributed by atoms with Gasteiger partial charge in [-0.2, -0.15) is 0 Å². The zero-order valence-corrected chi connectivity index (χ0v) is 15.8. The summed E-state index contributed by atoms with van der Waals surface area (Å²) in [5.74, 6) is 0. The van der Waals surface area contributed by atoms with Crippen LogP contribution in [0.2, 0.25) is 0 Å². The summed E-state index contributed by atoms with van der Waals surface area (Å²) in [5, 5.41) is 20.5. The summed E-state index contributed by atoms with van der Waals surface area (Å²) in [4.78, 5) is 23.1. The predicted molar refractivity (Wildman–Crippen MR) is 102 cm³/mol. The van der Waals surface area contributed by atoms with Gasteiger partial charge in [0.2, 0.25) is 10.0 Å². The summed E-state index contributed by atoms with van der Waals surface area (Å²) in [6, 6.07) is 10.9. The minimum absolute atomic E-state index is 0.158. The molecule has 0 aliphatic rings. The number of nitro groups is 1. The van der Waals surface area contributed by atoms with Crippen molar-refractivity contribution in [3.63, 3.8) is 0 Å². The van der Waals surface area contributed by atoms with Gasteiger partial charge < -0.3 is 5.11 Å². The number of nitro benzene ring substituents is 1. The van der Waals surface area contributed by atoms with E-state index in [-0.39, 0.29) is 11.4 Å². The van der Waals surface area contributed by atoms with Gasteiger partial charge in [-0.15, -0.1) is 0 Å². The van der Waals surface area contributed by atoms with Gasteiger partial charge in [-0.3, -0.25) is 19.3 Å². The van der Waals surface area contributed by atoms with Crippen LogP contribution in [0.4, 0.5) is 21.9 Å². The van der Waals surface area contributed by atoms with Gasteiger partial charge >= 0.3 is 6.09 Å². The second-order valence-corrected chi connectivity index (χ2v) is 7.91. The highest BCUT2D eigenvalue weighted by Crippen LogP contribution is 2.34. The topological polar surface area (TPSA) is 121 Å². The number of amides is 1. The summed E-state index contributed by atoms with van der Waals surface area (Å²) in [7, 11) is -2.16. The number of benzene rings is 2. The number of nitrogens with zero attached hydrogens (tertiary/aromatic N) is 3. The normalized spacial score (nSPS) is 12.3. The molecule has 0 saturated heterocycles. The van der Waals surface area contributed by atoms with E-state index in [0.29, 0.717) is 11.3 Å². The van der Waals surface area contributed by atoms with Crippen LogP contribution in [0.3, 0.4) is 0 Å². The molecule has 0 spiro atoms. The minimum Gasteiger partial charge on any atom is -0.465 e. The van der Waals surface area contributed by atoms with Crippen LogP contribution in [-0.4, -0.2) is 37.8 Å². The Morgan fingerprint density at radius 1 is 1.15 bits per heavy atom. The molecule has 1 atom stereocenters. The molecule has 27 heavy (non-hydrogen) atoms. The Bertz CT molecular complexity index is 959. The molecular formula is C17H19N3O6S. The van der Waals surface area contributed by atoms with Crippen molar-refractivity contribution >= 4 is 33.2 Å². The quantitative estimate of drug-likeness (QED) is 0.594. The van der Waals surface area contributed by atoms with Gasteiger partial charge in [0, 0.05) is 24.9 Å². The zero-order valence-electron chi connectivity index (χ0n) is 14.9. The van der Waals surface area contributed by atoms with Crippen molar-refractivity contribution in [2.24, 2.45) is 0 Å². The van der Waals surface area contributed by atoms with E-state index in [1.165, 1.54) is 31.3 Å². The minimum atomic E-state index is -3.55. The maximum Gasteiger partial charge on any atom is 0.412 e. The Kier molecular flexibility index (Phi) is 5.69. The lowest BCUT2D eigenvalue weighted by Gasteiger charge is -2.30. The Labute approximate surface area is 156 Å². The average Bonchev–Trinajstić information content (AvgIpc) is 2.60. The van der Waals surface area contributed by atoms with Crippen molar-refractivity contribution in [3.8, 4) is 0 Å². The van der Waals surface area contributed by atoms with E-state index < -0.39 is 27.1 Å². The van der Waals surface area contributed by atoms with Crippen LogP contribution in [0, 0.1) is 10.1 Å². The van der Waals surface area contributed by atoms with Crippen molar-refractivity contribution in [2.45, 2.75) is 13.0 Å². The molecule has 0 fully saturated rings. The predicted octanol–water partition coefficient (Wildman–Crippen LogP) is 3.24. The third-order valence-electron chi connectivity index (χ3n) is 4.16. The first kappa shape index (κ1) is 20.2. The van der Waals surface area contributed by atoms with Gasteiger partial charge in [0.25, 0.3) is 5.69 Å². The van der Waals surface area contributed by atoms with E-state index in [4.69, 9.17) is 0 Å². The number of carboxylic acid groups (broad SMARTS) is 1. The Morgan fingerprint density at radius 2 is 1.70 bits per heavy atom. The highest BCUT2D eigenvalue weighted by Gasteiger charge is 2.27. The van der Waals surface area contributed by atoms with Crippen LogP contribution in [0.5, 0.6) is 0 Å². The molecule has 0 radical (unpaired) electrons. The lowest BCUT2D eigenvalue weighted by Crippen LogP contribution is -2.34. The van der Waals surface area contributed by atoms with E-state index in [9.17, 15) is 28.4 Å². The monoisotopic (exact) mass is 393 g/mol. The maximum absolute atomic E-state index is 11.9. The first-order chi connectivity index (χ1) is 12.5. The lowest BCUT2D eigenvalue weighted by atomic mass is 10.0. The molecule has 1 amide bonds. The molecule has 0 bridgehead atoms. The molecule has 10 heteroatoms. The van der Waals surface area contributed by atoms with Gasteiger partial charge in [0.1, 0.15) is 0 Å². The standard InChI is InChI=1S/C17H19N3O6S/c1-12(15-6-4-5-7-16(15)18(2)27(3,25)26)19(17(21)22)13-8-10-14(11-9-13)20(23)24/h4-12H,1-3H3,(H,21,22). The van der Waals surface area contributed by atoms with Crippen molar-refractivity contribution in [1.29, 1.82) is 0 Å². The molecule has 144 valence electrons. The van der Waals surface area contributed by atoms with Crippen LogP contribution in [-0.2, 0) is 10.0 Å². The number of hydrogen-bond donors (Lipinski definition) is 1. The molecule has 2 rings (SSSR count). The van der Waals surface area contributed by atoms with E-state index in [0.717, 1.165) is 15.5 Å². The second kappa shape index (κ2) is 7.62. The van der Waals surface area contributed by atoms with E-state index in [1.54, 1.807) is 31.2 Å². The number of para-hydroxylation sites is 1. The highest BCUT2D eigenvalue weighted by atomic mass is 32.2. The fraction of sp³-hybridized carbons (Fsp3) is 0.235. The third kappa shape index (κ3) is 4.34. The summed E-state index contributed by atoms with van der Waals surface area (Å²) < 4.78 is 24.9. The van der Waals surface area contributed by atoms with Crippen LogP contribution in [0.15, 0.2) is 48.5 Å². The Balaban J connectivity index is 2.51. The molecular weight excluding hydrogens is 374 g/mol. The van der Waals surface area contributed by atoms with Crippen molar-refractivity contribution in [2.75, 3.05) is 22.5 Å². The Morgan fingerprint density at radius 3 is 2.19 bits per heavy atom. The highest BCUT2D eigenvalue weighted by molar-refractivity contribution is 7.92. The smallest absolute Gasteiger partial charge is 0.412 e. The van der Waals surface area contributed by atoms with Crippen molar-refractivity contribution in [1.82, 2.24) is 0 Å². The van der Waals surface area contributed by atoms with E-state index in [2.05, 4.69) is 0 Å². The molecule has 0 aliphatic carbocycles. The first-order valence-corrected chi connectivity index (χ1v) is 9.68. The molecule has 1 unspecified atom stereocenters. The molecule has 2 aromatic carbocycles. The number of sulfonamides is 1. The Hall–Kier alpha value is -3.14. The number of hydrogen-bond acceptors (Lipinski definition) is 5. The molecule has 2 aromatic rings. The zero-order chi connectivity index (χ0) is 20.4. The second-order valence-electron chi connectivity index (χ2n) is 5.89. The fourth-order valence-corrected chi connectivity index (χ4v) is 3.20. The van der Waals surface area contributed by atoms with Crippen molar-refractivity contribution < 1.29 is 23.2 Å². The van der Waals surface area contributed by atoms with Crippen LogP contribution < -0.4 is 9.21 Å². The summed E-state index contributed by atoms with van der Waals surface area (Å²) >= 11 is 0. The van der Waals surface area contributed by atoms with Gasteiger partial charge in [0.05, 0.1) is 22.9 Å². The number of rotatable bonds is 6. The number of non-ortho nitro benzene ring substituents is 1. The molecule has 0 saturated carbocycles. The summed E-state index contributed by atoms with van der Waals surface area (Å²) in [5.41, 5.74) is 0.901. The molecule has 0 aromatic heterocycles. The van der Waals surface area contributed by atoms with Gasteiger partial charge in [-0.25, -0.2) is 13.2 Å². The van der Waals surface area contributed by atoms with E-state index in [1.807, 2.05) is 0 Å². The van der Waals surface area contributed by atoms with Gasteiger partial charge in [0.15, 0.2) is 0 Å². The molecule has 1 N–H and O–H groups in total. The fourth-order valence-electron chi connectivity index (χ4n) is 2.68. The van der Waals surface area contributed by atoms with Crippen LogP contribution >= 0.6 is 0 Å². The SMILES string of the molecule is CC(c1ccccc1N(C)S(C)(=O)=O)N(C(=O)O)c1ccc([N+](=O)[O-])cc1. The lowest BCUT2D eigenvalue weighted by molar-refractivity contribution is -0.384. The van der Waals surface area contributed by atoms with E-state index >= 15 is 0 Å². The van der Waals surface area contributed by atoms with Gasteiger partial charge in [-0.1, -0.05) is 18.2 Å².